The fourth-order valence-corrected chi connectivity index (χ4v) is 5.52. The van der Waals surface area contributed by atoms with Crippen molar-refractivity contribution < 1.29 is 4.74 Å². The van der Waals surface area contributed by atoms with E-state index >= 15 is 0 Å². The molecule has 4 heterocycles. The minimum absolute atomic E-state index is 0.528. The van der Waals surface area contributed by atoms with Crippen molar-refractivity contribution >= 4 is 11.9 Å². The lowest BCUT2D eigenvalue weighted by Crippen LogP contribution is -2.65. The van der Waals surface area contributed by atoms with Crippen molar-refractivity contribution in [2.45, 2.75) is 19.5 Å². The highest BCUT2D eigenvalue weighted by atomic mass is 16.5. The first-order valence-electron chi connectivity index (χ1n) is 12.7. The van der Waals surface area contributed by atoms with E-state index < -0.39 is 5.66 Å². The number of ether oxygens (including phenoxy) is 1. The number of aromatic nitrogens is 1. The molecule has 0 amide bonds. The summed E-state index contributed by atoms with van der Waals surface area (Å²) in [4.78, 5) is 15.1. The molecule has 0 radical (unpaired) electrons. The van der Waals surface area contributed by atoms with Crippen LogP contribution in [-0.4, -0.2) is 97.1 Å². The fraction of sp³-hybridized carbons (Fsp3) is 0.519. The van der Waals surface area contributed by atoms with Gasteiger partial charge in [-0.25, -0.2) is 0 Å². The van der Waals surface area contributed by atoms with Crippen LogP contribution in [0.25, 0.3) is 11.9 Å². The number of piperazine rings is 2. The van der Waals surface area contributed by atoms with Crippen LogP contribution in [0.2, 0.25) is 0 Å². The van der Waals surface area contributed by atoms with Gasteiger partial charge in [0.25, 0.3) is 0 Å². The molecule has 1 N–H and O–H groups in total. The number of hydrogen-bond donors (Lipinski definition) is 1. The summed E-state index contributed by atoms with van der Waals surface area (Å²) in [6.45, 7) is 15.0. The van der Waals surface area contributed by atoms with Crippen LogP contribution in [0, 0.1) is 0 Å². The molecule has 182 valence electrons. The minimum atomic E-state index is -0.528. The molecule has 0 bridgehead atoms. The van der Waals surface area contributed by atoms with Gasteiger partial charge in [0.2, 0.25) is 0 Å². The van der Waals surface area contributed by atoms with Gasteiger partial charge >= 0.3 is 0 Å². The van der Waals surface area contributed by atoms with Gasteiger partial charge in [-0.1, -0.05) is 38.1 Å². The van der Waals surface area contributed by atoms with E-state index in [0.29, 0.717) is 0 Å². The second-order valence-electron chi connectivity index (χ2n) is 9.40. The second-order valence-corrected chi connectivity index (χ2v) is 9.40. The molecule has 2 aromatic rings. The summed E-state index contributed by atoms with van der Waals surface area (Å²) in [5.74, 6) is 2.06. The first-order valence-corrected chi connectivity index (χ1v) is 12.7. The minimum Gasteiger partial charge on any atom is -0.497 e. The molecule has 3 aliphatic rings. The molecule has 0 aliphatic carbocycles. The monoisotopic (exact) mass is 462 g/mol. The van der Waals surface area contributed by atoms with E-state index in [1.165, 1.54) is 16.3 Å². The normalized spacial score (nSPS) is 24.3. The molecule has 2 fully saturated rings. The van der Waals surface area contributed by atoms with Crippen LogP contribution in [0.5, 0.6) is 5.75 Å². The number of fused-ring (bicyclic) bond motifs is 1. The lowest BCUT2D eigenvalue weighted by molar-refractivity contribution is 0.0490. The predicted octanol–water partition coefficient (Wildman–Crippen LogP) is 0.668. The molecule has 3 aliphatic heterocycles. The Bertz CT molecular complexity index is 1100. The smallest absolute Gasteiger partial charge is 0.156 e. The van der Waals surface area contributed by atoms with Crippen LogP contribution in [0.3, 0.4) is 0 Å². The van der Waals surface area contributed by atoms with Crippen molar-refractivity contribution in [3.8, 4) is 5.75 Å². The summed E-state index contributed by atoms with van der Waals surface area (Å²) in [6.07, 6.45) is 4.26. The average Bonchev–Trinajstić information content (AvgIpc) is 2.92. The van der Waals surface area contributed by atoms with Crippen molar-refractivity contribution in [3.63, 3.8) is 0 Å². The molecule has 7 nitrogen and oxygen atoms in total. The third-order valence-electron chi connectivity index (χ3n) is 7.70. The number of hydrogen-bond acceptors (Lipinski definition) is 7. The van der Waals surface area contributed by atoms with Gasteiger partial charge in [-0.05, 0) is 30.5 Å². The lowest BCUT2D eigenvalue weighted by Gasteiger charge is -2.49. The summed E-state index contributed by atoms with van der Waals surface area (Å²) in [5.41, 5.74) is 0.455. The van der Waals surface area contributed by atoms with Crippen LogP contribution >= 0.6 is 0 Å². The average molecular weight is 463 g/mol. The zero-order valence-corrected chi connectivity index (χ0v) is 20.8. The van der Waals surface area contributed by atoms with Crippen LogP contribution in [0.15, 0.2) is 42.6 Å². The summed E-state index contributed by atoms with van der Waals surface area (Å²) in [7, 11) is 1.73. The topological polar surface area (TPSA) is 47.1 Å². The van der Waals surface area contributed by atoms with E-state index in [-0.39, 0.29) is 0 Å². The second kappa shape index (κ2) is 9.94. The summed E-state index contributed by atoms with van der Waals surface area (Å²) in [5, 5.41) is 6.59. The maximum absolute atomic E-state index is 5.62. The zero-order chi connectivity index (χ0) is 23.5. The van der Waals surface area contributed by atoms with Crippen molar-refractivity contribution in [1.29, 1.82) is 0 Å². The molecule has 2 saturated heterocycles. The molecule has 7 heteroatoms. The van der Waals surface area contributed by atoms with Gasteiger partial charge in [-0.15, -0.1) is 0 Å². The number of nitrogens with one attached hydrogen (secondary N) is 1. The molecular weight excluding hydrogens is 424 g/mol. The van der Waals surface area contributed by atoms with E-state index in [9.17, 15) is 0 Å². The van der Waals surface area contributed by atoms with Crippen molar-refractivity contribution in [2.24, 2.45) is 0 Å². The Labute approximate surface area is 203 Å². The molecule has 1 atom stereocenters. The number of likely N-dealkylation sites (N-methyl/N-ethyl adjacent to an activating group) is 2. The van der Waals surface area contributed by atoms with E-state index in [1.807, 2.05) is 12.3 Å². The zero-order valence-electron chi connectivity index (χ0n) is 20.8. The van der Waals surface area contributed by atoms with Gasteiger partial charge in [0.1, 0.15) is 11.6 Å². The Morgan fingerprint density at radius 1 is 0.912 bits per heavy atom. The molecule has 1 aromatic heterocycles. The maximum atomic E-state index is 5.62. The van der Waals surface area contributed by atoms with Gasteiger partial charge in [0.05, 0.1) is 12.8 Å². The molecule has 1 aromatic carbocycles. The number of pyridine rings is 1. The van der Waals surface area contributed by atoms with Gasteiger partial charge in [0.15, 0.2) is 5.66 Å². The lowest BCUT2D eigenvalue weighted by atomic mass is 9.95. The standard InChI is InChI=1S/C27H38N6O/c1-4-30-12-16-32(17-13-30)26-24-9-7-6-8-22(24)21-27(29-26,25-20-23(34-3)10-11-28-25)33-18-14-31(5-2)15-19-33/h6-11,20-21,29H,4-5,12-19H2,1-3H3. The molecule has 5 rings (SSSR count). The highest BCUT2D eigenvalue weighted by Gasteiger charge is 2.42. The Kier molecular flexibility index (Phi) is 6.77. The van der Waals surface area contributed by atoms with Crippen LogP contribution in [0.4, 0.5) is 0 Å². The van der Waals surface area contributed by atoms with Gasteiger partial charge in [-0.2, -0.15) is 0 Å². The van der Waals surface area contributed by atoms with Crippen molar-refractivity contribution in [2.75, 3.05) is 72.6 Å². The molecule has 0 spiro atoms. The largest absolute Gasteiger partial charge is 0.497 e. The highest BCUT2D eigenvalue weighted by Crippen LogP contribution is 2.32. The molecular formula is C27H38N6O. The third-order valence-corrected chi connectivity index (χ3v) is 7.70. The Morgan fingerprint density at radius 2 is 1.59 bits per heavy atom. The molecule has 0 saturated carbocycles. The molecule has 34 heavy (non-hydrogen) atoms. The summed E-state index contributed by atoms with van der Waals surface area (Å²) in [6, 6.07) is 12.8. The van der Waals surface area contributed by atoms with E-state index in [1.54, 1.807) is 7.11 Å². The quantitative estimate of drug-likeness (QED) is 0.677. The van der Waals surface area contributed by atoms with Crippen molar-refractivity contribution in [1.82, 2.24) is 29.9 Å². The third kappa shape index (κ3) is 4.28. The SMILES string of the molecule is CCN1CCN(C2=c3ccccc3=CC(c3cc(OC)ccn3)(N3CCN(CC)CC3)N2)CC1. The Hall–Kier alpha value is -2.61. The van der Waals surface area contributed by atoms with E-state index in [4.69, 9.17) is 9.72 Å². The number of nitrogens with zero attached hydrogens (tertiary/aromatic N) is 5. The molecule has 1 unspecified atom stereocenters. The van der Waals surface area contributed by atoms with Gasteiger partial charge < -0.3 is 24.8 Å². The summed E-state index contributed by atoms with van der Waals surface area (Å²) >= 11 is 0. The predicted molar refractivity (Wildman–Crippen MR) is 137 cm³/mol. The number of methoxy groups -OCH3 is 1. The van der Waals surface area contributed by atoms with Gasteiger partial charge in [0, 0.05) is 69.8 Å². The van der Waals surface area contributed by atoms with Crippen molar-refractivity contribution in [3.05, 3.63) is 58.7 Å². The Morgan fingerprint density at radius 3 is 2.26 bits per heavy atom. The first-order chi connectivity index (χ1) is 16.7. The van der Waals surface area contributed by atoms with E-state index in [2.05, 4.69) is 75.2 Å². The first kappa shape index (κ1) is 23.1. The van der Waals surface area contributed by atoms with Crippen LogP contribution < -0.4 is 20.5 Å². The van der Waals surface area contributed by atoms with Crippen LogP contribution in [-0.2, 0) is 5.66 Å². The summed E-state index contributed by atoms with van der Waals surface area (Å²) < 4.78 is 5.62. The number of benzene rings is 1. The highest BCUT2D eigenvalue weighted by molar-refractivity contribution is 5.57. The maximum Gasteiger partial charge on any atom is 0.156 e. The van der Waals surface area contributed by atoms with E-state index in [0.717, 1.165) is 76.9 Å². The fourth-order valence-electron chi connectivity index (χ4n) is 5.52. The number of rotatable bonds is 6. The van der Waals surface area contributed by atoms with Crippen LogP contribution in [0.1, 0.15) is 19.5 Å². The Balaban J connectivity index is 1.62. The van der Waals surface area contributed by atoms with Gasteiger partial charge in [-0.3, -0.25) is 9.88 Å².